The molecule has 1 aliphatic rings. The van der Waals surface area contributed by atoms with Crippen molar-refractivity contribution in [1.29, 1.82) is 0 Å². The Morgan fingerprint density at radius 2 is 2.00 bits per heavy atom. The van der Waals surface area contributed by atoms with E-state index in [0.717, 1.165) is 16.9 Å². The second-order valence-corrected chi connectivity index (χ2v) is 4.68. The lowest BCUT2D eigenvalue weighted by atomic mass is 10.1. The molecule has 1 amide bonds. The van der Waals surface area contributed by atoms with Crippen LogP contribution in [0.4, 0.5) is 0 Å². The molecule has 1 aliphatic heterocycles. The lowest BCUT2D eigenvalue weighted by Gasteiger charge is -2.20. The number of hydrogen-bond acceptors (Lipinski definition) is 2. The number of fused-ring (bicyclic) bond motifs is 1. The van der Waals surface area contributed by atoms with Crippen molar-refractivity contribution in [2.24, 2.45) is 0 Å². The second-order valence-electron chi connectivity index (χ2n) is 4.68. The van der Waals surface area contributed by atoms with Crippen LogP contribution >= 0.6 is 0 Å². The van der Waals surface area contributed by atoms with Gasteiger partial charge in [0.1, 0.15) is 5.76 Å². The normalized spacial score (nSPS) is 15.6. The molecule has 3 heteroatoms. The number of rotatable bonds is 2. The highest BCUT2D eigenvalue weighted by molar-refractivity contribution is 5.99. The highest BCUT2D eigenvalue weighted by Crippen LogP contribution is 2.32. The summed E-state index contributed by atoms with van der Waals surface area (Å²) in [4.78, 5) is 14.0. The highest BCUT2D eigenvalue weighted by atomic mass is 16.3. The van der Waals surface area contributed by atoms with Gasteiger partial charge in [0.15, 0.2) is 0 Å². The van der Waals surface area contributed by atoms with Crippen LogP contribution in [0.25, 0.3) is 0 Å². The molecule has 0 aliphatic carbocycles. The summed E-state index contributed by atoms with van der Waals surface area (Å²) >= 11 is 0. The fourth-order valence-electron chi connectivity index (χ4n) is 2.01. The van der Waals surface area contributed by atoms with E-state index in [2.05, 4.69) is 0 Å². The first-order chi connectivity index (χ1) is 7.02. The Hall–Kier alpha value is -1.25. The summed E-state index contributed by atoms with van der Waals surface area (Å²) in [5.41, 5.74) is 1.84. The van der Waals surface area contributed by atoms with Crippen LogP contribution in [0.1, 0.15) is 55.3 Å². The second kappa shape index (κ2) is 3.40. The molecule has 1 aromatic heterocycles. The van der Waals surface area contributed by atoms with Crippen molar-refractivity contribution in [2.75, 3.05) is 0 Å². The van der Waals surface area contributed by atoms with E-state index in [1.165, 1.54) is 0 Å². The third kappa shape index (κ3) is 1.46. The van der Waals surface area contributed by atoms with Crippen LogP contribution in [0.5, 0.6) is 0 Å². The van der Waals surface area contributed by atoms with E-state index >= 15 is 0 Å². The zero-order valence-electron chi connectivity index (χ0n) is 9.70. The van der Waals surface area contributed by atoms with Crippen molar-refractivity contribution < 1.29 is 9.21 Å². The van der Waals surface area contributed by atoms with Gasteiger partial charge >= 0.3 is 0 Å². The van der Waals surface area contributed by atoms with E-state index in [-0.39, 0.29) is 17.9 Å². The van der Waals surface area contributed by atoms with Crippen molar-refractivity contribution in [3.63, 3.8) is 0 Å². The molecule has 2 heterocycles. The third-order valence-corrected chi connectivity index (χ3v) is 2.86. The Balaban J connectivity index is 2.39. The minimum Gasteiger partial charge on any atom is -0.468 e. The fraction of sp³-hybridized carbons (Fsp3) is 0.583. The molecule has 0 bridgehead atoms. The first-order valence-corrected chi connectivity index (χ1v) is 5.43. The Bertz CT molecular complexity index is 390. The van der Waals surface area contributed by atoms with Crippen molar-refractivity contribution in [1.82, 2.24) is 4.90 Å². The van der Waals surface area contributed by atoms with E-state index in [0.29, 0.717) is 6.54 Å². The van der Waals surface area contributed by atoms with Gasteiger partial charge in [-0.1, -0.05) is 13.8 Å². The highest BCUT2D eigenvalue weighted by Gasteiger charge is 2.34. The average molecular weight is 207 g/mol. The van der Waals surface area contributed by atoms with Crippen LogP contribution in [-0.4, -0.2) is 16.8 Å². The average Bonchev–Trinajstić information content (AvgIpc) is 2.66. The molecule has 0 atom stereocenters. The fourth-order valence-corrected chi connectivity index (χ4v) is 2.01. The lowest BCUT2D eigenvalue weighted by molar-refractivity contribution is 0.0725. The monoisotopic (exact) mass is 207 g/mol. The molecule has 82 valence electrons. The van der Waals surface area contributed by atoms with Gasteiger partial charge in [0.2, 0.25) is 0 Å². The van der Waals surface area contributed by atoms with E-state index < -0.39 is 0 Å². The number of carbonyl (C=O) groups is 1. The van der Waals surface area contributed by atoms with Gasteiger partial charge in [0.05, 0.1) is 18.4 Å². The minimum atomic E-state index is 0.123. The lowest BCUT2D eigenvalue weighted by Crippen LogP contribution is -2.31. The predicted molar refractivity (Wildman–Crippen MR) is 57.8 cm³/mol. The Morgan fingerprint density at radius 3 is 2.53 bits per heavy atom. The van der Waals surface area contributed by atoms with Gasteiger partial charge in [-0.2, -0.15) is 0 Å². The van der Waals surface area contributed by atoms with Gasteiger partial charge < -0.3 is 9.32 Å². The molecule has 0 spiro atoms. The summed E-state index contributed by atoms with van der Waals surface area (Å²) in [5, 5.41) is 0. The maximum absolute atomic E-state index is 12.1. The molecule has 2 rings (SSSR count). The van der Waals surface area contributed by atoms with Crippen molar-refractivity contribution in [2.45, 2.75) is 46.2 Å². The summed E-state index contributed by atoms with van der Waals surface area (Å²) < 4.78 is 5.45. The van der Waals surface area contributed by atoms with Gasteiger partial charge in [-0.15, -0.1) is 0 Å². The number of amides is 1. The Kier molecular flexibility index (Phi) is 2.33. The van der Waals surface area contributed by atoms with Crippen molar-refractivity contribution >= 4 is 5.91 Å². The first-order valence-electron chi connectivity index (χ1n) is 5.43. The van der Waals surface area contributed by atoms with Crippen molar-refractivity contribution in [3.05, 3.63) is 23.2 Å². The Morgan fingerprint density at radius 1 is 1.33 bits per heavy atom. The maximum Gasteiger partial charge on any atom is 0.258 e. The van der Waals surface area contributed by atoms with Gasteiger partial charge in [-0.05, 0) is 13.8 Å². The maximum atomic E-state index is 12.1. The smallest absolute Gasteiger partial charge is 0.258 e. The Labute approximate surface area is 90.1 Å². The minimum absolute atomic E-state index is 0.123. The molecule has 0 aromatic carbocycles. The van der Waals surface area contributed by atoms with Gasteiger partial charge in [-0.25, -0.2) is 0 Å². The zero-order chi connectivity index (χ0) is 11.2. The van der Waals surface area contributed by atoms with E-state index in [1.807, 2.05) is 32.6 Å². The zero-order valence-corrected chi connectivity index (χ0v) is 9.70. The van der Waals surface area contributed by atoms with Crippen LogP contribution in [-0.2, 0) is 6.54 Å². The standard InChI is InChI=1S/C12H17NO2/c1-7(2)11-10-9(6-15-11)5-13(8(3)4)12(10)14/h6-8H,5H2,1-4H3. The van der Waals surface area contributed by atoms with Gasteiger partial charge in [-0.3, -0.25) is 4.79 Å². The molecule has 0 N–H and O–H groups in total. The molecule has 0 saturated carbocycles. The topological polar surface area (TPSA) is 33.5 Å². The summed E-state index contributed by atoms with van der Waals surface area (Å²) in [7, 11) is 0. The van der Waals surface area contributed by atoms with E-state index in [4.69, 9.17) is 4.42 Å². The first kappa shape index (κ1) is 10.3. The van der Waals surface area contributed by atoms with Gasteiger partial charge in [0, 0.05) is 17.5 Å². The van der Waals surface area contributed by atoms with Crippen molar-refractivity contribution in [3.8, 4) is 0 Å². The molecule has 0 saturated heterocycles. The molecule has 0 radical (unpaired) electrons. The summed E-state index contributed by atoms with van der Waals surface area (Å²) in [5.74, 6) is 1.22. The summed E-state index contributed by atoms with van der Waals surface area (Å²) in [6, 6.07) is 0.255. The SMILES string of the molecule is CC(C)c1occ2c1C(=O)N(C(C)C)C2. The molecule has 0 unspecified atom stereocenters. The number of nitrogens with zero attached hydrogens (tertiary/aromatic N) is 1. The summed E-state index contributed by atoms with van der Waals surface area (Å²) in [6.07, 6.45) is 1.73. The number of furan rings is 1. The van der Waals surface area contributed by atoms with Crippen LogP contribution in [0.3, 0.4) is 0 Å². The molecular formula is C12H17NO2. The predicted octanol–water partition coefficient (Wildman–Crippen LogP) is 2.77. The van der Waals surface area contributed by atoms with E-state index in [1.54, 1.807) is 6.26 Å². The van der Waals surface area contributed by atoms with Crippen LogP contribution in [0.2, 0.25) is 0 Å². The van der Waals surface area contributed by atoms with Crippen LogP contribution in [0.15, 0.2) is 10.7 Å². The largest absolute Gasteiger partial charge is 0.468 e. The quantitative estimate of drug-likeness (QED) is 0.747. The molecule has 1 aromatic rings. The number of carbonyl (C=O) groups excluding carboxylic acids is 1. The third-order valence-electron chi connectivity index (χ3n) is 2.86. The molecule has 0 fully saturated rings. The molecular weight excluding hydrogens is 190 g/mol. The summed E-state index contributed by atoms with van der Waals surface area (Å²) in [6.45, 7) is 8.86. The molecule has 15 heavy (non-hydrogen) atoms. The number of hydrogen-bond donors (Lipinski definition) is 0. The van der Waals surface area contributed by atoms with Crippen LogP contribution in [0, 0.1) is 0 Å². The van der Waals surface area contributed by atoms with Gasteiger partial charge in [0.25, 0.3) is 5.91 Å². The molecule has 3 nitrogen and oxygen atoms in total. The van der Waals surface area contributed by atoms with E-state index in [9.17, 15) is 4.79 Å². The van der Waals surface area contributed by atoms with Crippen LogP contribution < -0.4 is 0 Å².